The predicted octanol–water partition coefficient (Wildman–Crippen LogP) is 1.57. The molecular weight excluding hydrogens is 290 g/mol. The maximum absolute atomic E-state index is 12.3. The molecule has 0 N–H and O–H groups in total. The molecule has 0 aliphatic heterocycles. The van der Waals surface area contributed by atoms with Gasteiger partial charge in [-0.1, -0.05) is 0 Å². The lowest BCUT2D eigenvalue weighted by atomic mass is 10.5. The molecule has 0 fully saturated rings. The molecule has 0 spiro atoms. The van der Waals surface area contributed by atoms with Crippen molar-refractivity contribution >= 4 is 21.6 Å². The van der Waals surface area contributed by atoms with Crippen LogP contribution in [0.15, 0.2) is 34.0 Å². The second-order valence-corrected chi connectivity index (χ2v) is 6.31. The van der Waals surface area contributed by atoms with Crippen molar-refractivity contribution < 1.29 is 12.8 Å². The van der Waals surface area contributed by atoms with Gasteiger partial charge in [0.2, 0.25) is 5.09 Å². The number of halogens is 1. The van der Waals surface area contributed by atoms with Gasteiger partial charge in [0.1, 0.15) is 11.6 Å². The van der Waals surface area contributed by atoms with Crippen molar-refractivity contribution in [1.29, 1.82) is 0 Å². The number of rotatable bonds is 5. The maximum atomic E-state index is 12.3. The molecule has 2 aromatic heterocycles. The molecular formula is C11H14ClN3O3S. The summed E-state index contributed by atoms with van der Waals surface area (Å²) in [5.41, 5.74) is 0. The fourth-order valence-corrected chi connectivity index (χ4v) is 2.74. The fourth-order valence-electron chi connectivity index (χ4n) is 1.56. The molecule has 0 bridgehead atoms. The lowest BCUT2D eigenvalue weighted by Crippen LogP contribution is -2.27. The van der Waals surface area contributed by atoms with Crippen LogP contribution in [-0.2, 0) is 29.5 Å². The monoisotopic (exact) mass is 303 g/mol. The molecule has 0 aliphatic carbocycles. The molecule has 0 saturated carbocycles. The van der Waals surface area contributed by atoms with E-state index < -0.39 is 10.0 Å². The highest BCUT2D eigenvalue weighted by Crippen LogP contribution is 2.20. The Kier molecular flexibility index (Phi) is 3.98. The summed E-state index contributed by atoms with van der Waals surface area (Å²) in [6.07, 6.45) is 3.38. The van der Waals surface area contributed by atoms with Crippen LogP contribution < -0.4 is 0 Å². The van der Waals surface area contributed by atoms with Gasteiger partial charge in [-0.3, -0.25) is 0 Å². The van der Waals surface area contributed by atoms with Crippen molar-refractivity contribution in [3.63, 3.8) is 0 Å². The second-order valence-electron chi connectivity index (χ2n) is 4.07. The normalized spacial score (nSPS) is 12.2. The third kappa shape index (κ3) is 2.83. The second kappa shape index (κ2) is 5.36. The average molecular weight is 304 g/mol. The average Bonchev–Trinajstić information content (AvgIpc) is 2.99. The molecule has 19 heavy (non-hydrogen) atoms. The quantitative estimate of drug-likeness (QED) is 0.786. The molecule has 8 heteroatoms. The number of alkyl halides is 1. The van der Waals surface area contributed by atoms with Crippen LogP contribution >= 0.6 is 11.6 Å². The summed E-state index contributed by atoms with van der Waals surface area (Å²) in [4.78, 5) is 4.09. The molecule has 2 heterocycles. The summed E-state index contributed by atoms with van der Waals surface area (Å²) in [7, 11) is -0.380. The Morgan fingerprint density at radius 2 is 2.21 bits per heavy atom. The molecule has 0 saturated heterocycles. The summed E-state index contributed by atoms with van der Waals surface area (Å²) in [6, 6.07) is 2.95. The van der Waals surface area contributed by atoms with E-state index in [4.69, 9.17) is 16.0 Å². The van der Waals surface area contributed by atoms with Crippen molar-refractivity contribution in [1.82, 2.24) is 13.9 Å². The number of hydrogen-bond donors (Lipinski definition) is 0. The van der Waals surface area contributed by atoms with Crippen LogP contribution in [0.5, 0.6) is 0 Å². The highest BCUT2D eigenvalue weighted by atomic mass is 35.5. The third-order valence-electron chi connectivity index (χ3n) is 2.72. The Morgan fingerprint density at radius 3 is 2.74 bits per heavy atom. The summed E-state index contributed by atoms with van der Waals surface area (Å²) in [5.74, 6) is 1.21. The summed E-state index contributed by atoms with van der Waals surface area (Å²) >= 11 is 5.59. The van der Waals surface area contributed by atoms with Crippen molar-refractivity contribution in [2.45, 2.75) is 17.5 Å². The molecule has 0 amide bonds. The summed E-state index contributed by atoms with van der Waals surface area (Å²) in [5, 5.41) is -0.111. The summed E-state index contributed by atoms with van der Waals surface area (Å²) in [6.45, 7) is 0.169. The largest absolute Gasteiger partial charge is 0.447 e. The Hall–Kier alpha value is -1.31. The lowest BCUT2D eigenvalue weighted by molar-refractivity contribution is 0.389. The van der Waals surface area contributed by atoms with Gasteiger partial charge in [-0.05, 0) is 12.1 Å². The van der Waals surface area contributed by atoms with E-state index in [1.54, 1.807) is 30.1 Å². The molecule has 6 nitrogen and oxygen atoms in total. The van der Waals surface area contributed by atoms with Gasteiger partial charge in [0.05, 0.1) is 12.4 Å². The van der Waals surface area contributed by atoms with Gasteiger partial charge in [-0.2, -0.15) is 4.31 Å². The van der Waals surface area contributed by atoms with Crippen molar-refractivity contribution in [2.24, 2.45) is 7.05 Å². The standard InChI is InChI=1S/C11H14ClN3O3S/c1-14-6-5-13-10(14)8-15(2)19(16,17)11-4-3-9(7-12)18-11/h3-6H,7-8H2,1-2H3. The number of furan rings is 1. The Balaban J connectivity index is 2.22. The zero-order valence-corrected chi connectivity index (χ0v) is 12.1. The van der Waals surface area contributed by atoms with E-state index in [0.29, 0.717) is 11.6 Å². The fraction of sp³-hybridized carbons (Fsp3) is 0.364. The zero-order valence-electron chi connectivity index (χ0n) is 10.6. The van der Waals surface area contributed by atoms with Gasteiger partial charge in [0.15, 0.2) is 0 Å². The topological polar surface area (TPSA) is 68.3 Å². The van der Waals surface area contributed by atoms with Gasteiger partial charge in [0.25, 0.3) is 10.0 Å². The van der Waals surface area contributed by atoms with E-state index in [1.807, 2.05) is 0 Å². The molecule has 0 radical (unpaired) electrons. The molecule has 2 rings (SSSR count). The highest BCUT2D eigenvalue weighted by molar-refractivity contribution is 7.88. The number of sulfonamides is 1. The third-order valence-corrected chi connectivity index (χ3v) is 4.66. The van der Waals surface area contributed by atoms with E-state index in [2.05, 4.69) is 4.98 Å². The Bertz CT molecular complexity index is 662. The molecule has 0 atom stereocenters. The van der Waals surface area contributed by atoms with E-state index in [9.17, 15) is 8.42 Å². The van der Waals surface area contributed by atoms with Crippen molar-refractivity contribution in [3.05, 3.63) is 36.1 Å². The predicted molar refractivity (Wildman–Crippen MR) is 70.1 cm³/mol. The van der Waals surface area contributed by atoms with Crippen LogP contribution in [0.25, 0.3) is 0 Å². The molecule has 2 aromatic rings. The van der Waals surface area contributed by atoms with E-state index >= 15 is 0 Å². The molecule has 0 aromatic carbocycles. The van der Waals surface area contributed by atoms with Crippen LogP contribution in [-0.4, -0.2) is 29.3 Å². The number of nitrogens with zero attached hydrogens (tertiary/aromatic N) is 3. The van der Waals surface area contributed by atoms with Crippen LogP contribution in [0.2, 0.25) is 0 Å². The highest BCUT2D eigenvalue weighted by Gasteiger charge is 2.25. The van der Waals surface area contributed by atoms with Crippen molar-refractivity contribution in [2.75, 3.05) is 7.05 Å². The minimum atomic E-state index is -3.67. The zero-order chi connectivity index (χ0) is 14.0. The van der Waals surface area contributed by atoms with E-state index in [-0.39, 0.29) is 17.5 Å². The first kappa shape index (κ1) is 14.1. The lowest BCUT2D eigenvalue weighted by Gasteiger charge is -2.14. The van der Waals surface area contributed by atoms with E-state index in [1.165, 1.54) is 17.4 Å². The van der Waals surface area contributed by atoms with Gasteiger partial charge in [-0.25, -0.2) is 13.4 Å². The maximum Gasteiger partial charge on any atom is 0.276 e. The van der Waals surface area contributed by atoms with Gasteiger partial charge >= 0.3 is 0 Å². The number of aryl methyl sites for hydroxylation is 1. The SMILES string of the molecule is CN(Cc1nccn1C)S(=O)(=O)c1ccc(CCl)o1. The summed E-state index contributed by atoms with van der Waals surface area (Å²) < 4.78 is 32.6. The van der Waals surface area contributed by atoms with E-state index in [0.717, 1.165) is 0 Å². The molecule has 104 valence electrons. The minimum Gasteiger partial charge on any atom is -0.447 e. The minimum absolute atomic E-state index is 0.111. The van der Waals surface area contributed by atoms with Crippen LogP contribution in [0.3, 0.4) is 0 Å². The Labute approximate surface area is 116 Å². The smallest absolute Gasteiger partial charge is 0.276 e. The number of aromatic nitrogens is 2. The van der Waals surface area contributed by atoms with Crippen LogP contribution in [0.4, 0.5) is 0 Å². The van der Waals surface area contributed by atoms with Gasteiger partial charge in [0, 0.05) is 26.5 Å². The van der Waals surface area contributed by atoms with Gasteiger partial charge in [-0.15, -0.1) is 11.6 Å². The Morgan fingerprint density at radius 1 is 1.47 bits per heavy atom. The first-order chi connectivity index (χ1) is 8.95. The first-order valence-corrected chi connectivity index (χ1v) is 7.50. The molecule has 0 unspecified atom stereocenters. The number of hydrogen-bond acceptors (Lipinski definition) is 4. The first-order valence-electron chi connectivity index (χ1n) is 5.52. The number of imidazole rings is 1. The van der Waals surface area contributed by atoms with Crippen LogP contribution in [0.1, 0.15) is 11.6 Å². The molecule has 0 aliphatic rings. The van der Waals surface area contributed by atoms with Crippen molar-refractivity contribution in [3.8, 4) is 0 Å². The van der Waals surface area contributed by atoms with Crippen LogP contribution in [0, 0.1) is 0 Å². The van der Waals surface area contributed by atoms with Gasteiger partial charge < -0.3 is 8.98 Å².